The Hall–Kier alpha value is -2.69. The molecule has 0 spiro atoms. The number of nitrogens with zero attached hydrogens (tertiary/aromatic N) is 1. The maximum atomic E-state index is 5.20. The molecule has 1 N–H and O–H groups in total. The van der Waals surface area contributed by atoms with Crippen molar-refractivity contribution < 1.29 is 4.74 Å². The summed E-state index contributed by atoms with van der Waals surface area (Å²) in [5, 5.41) is 7.16. The van der Waals surface area contributed by atoms with Gasteiger partial charge in [-0.05, 0) is 41.4 Å². The summed E-state index contributed by atoms with van der Waals surface area (Å²) in [6.07, 6.45) is 2.98. The molecule has 0 radical (unpaired) electrons. The molecule has 0 aliphatic heterocycles. The molecule has 27 heavy (non-hydrogen) atoms. The topological polar surface area (TPSA) is 34.1 Å². The summed E-state index contributed by atoms with van der Waals surface area (Å²) in [5.41, 5.74) is 2.56. The van der Waals surface area contributed by atoms with Crippen LogP contribution in [0.3, 0.4) is 0 Å². The first-order chi connectivity index (χ1) is 13.3. The van der Waals surface area contributed by atoms with Crippen molar-refractivity contribution in [1.82, 2.24) is 10.3 Å². The molecular weight excluding hydrogens is 352 g/mol. The molecule has 1 heterocycles. The molecule has 0 saturated carbocycles. The molecule has 0 saturated heterocycles. The predicted octanol–water partition coefficient (Wildman–Crippen LogP) is 5.30. The Kier molecular flexibility index (Phi) is 5.47. The third kappa shape index (κ3) is 4.18. The van der Waals surface area contributed by atoms with Crippen LogP contribution in [-0.2, 0) is 13.0 Å². The molecule has 4 aromatic rings. The van der Waals surface area contributed by atoms with Crippen LogP contribution in [0.1, 0.15) is 10.6 Å². The van der Waals surface area contributed by atoms with Gasteiger partial charge in [-0.2, -0.15) is 0 Å². The van der Waals surface area contributed by atoms with Crippen molar-refractivity contribution in [2.75, 3.05) is 13.7 Å². The van der Waals surface area contributed by atoms with Gasteiger partial charge in [0.2, 0.25) is 0 Å². The van der Waals surface area contributed by atoms with Crippen LogP contribution in [0, 0.1) is 0 Å². The van der Waals surface area contributed by atoms with Gasteiger partial charge in [0.05, 0.1) is 12.0 Å². The number of ether oxygens (including phenoxy) is 1. The number of methoxy groups -OCH3 is 1. The van der Waals surface area contributed by atoms with E-state index >= 15 is 0 Å². The molecule has 0 bridgehead atoms. The highest BCUT2D eigenvalue weighted by Crippen LogP contribution is 2.32. The Morgan fingerprint density at radius 1 is 0.963 bits per heavy atom. The quantitative estimate of drug-likeness (QED) is 0.446. The molecule has 0 aliphatic rings. The Morgan fingerprint density at radius 3 is 2.63 bits per heavy atom. The zero-order chi connectivity index (χ0) is 18.5. The van der Waals surface area contributed by atoms with E-state index in [0.29, 0.717) is 0 Å². The molecule has 0 aliphatic carbocycles. The van der Waals surface area contributed by atoms with E-state index in [-0.39, 0.29) is 0 Å². The van der Waals surface area contributed by atoms with E-state index < -0.39 is 0 Å². The molecule has 1 aromatic heterocycles. The van der Waals surface area contributed by atoms with Gasteiger partial charge in [-0.3, -0.25) is 0 Å². The molecule has 4 heteroatoms. The molecule has 4 rings (SSSR count). The second-order valence-electron chi connectivity index (χ2n) is 6.42. The van der Waals surface area contributed by atoms with Gasteiger partial charge in [-0.15, -0.1) is 11.3 Å². The van der Waals surface area contributed by atoms with Crippen molar-refractivity contribution in [2.24, 2.45) is 0 Å². The summed E-state index contributed by atoms with van der Waals surface area (Å²) in [6.45, 7) is 1.72. The highest BCUT2D eigenvalue weighted by atomic mass is 32.1. The number of hydrogen-bond acceptors (Lipinski definition) is 4. The van der Waals surface area contributed by atoms with Crippen LogP contribution in [0.4, 0.5) is 0 Å². The number of nitrogens with one attached hydrogen (secondary N) is 1. The van der Waals surface area contributed by atoms with Crippen molar-refractivity contribution in [3.8, 4) is 16.2 Å². The fourth-order valence-corrected chi connectivity index (χ4v) is 4.10. The number of thiazole rings is 1. The summed E-state index contributed by atoms with van der Waals surface area (Å²) in [7, 11) is 1.69. The number of fused-ring (bicyclic) bond motifs is 1. The number of benzene rings is 3. The molecule has 3 aromatic carbocycles. The Balaban J connectivity index is 1.36. The fraction of sp³-hybridized carbons (Fsp3) is 0.174. The number of aromatic nitrogens is 1. The fourth-order valence-electron chi connectivity index (χ4n) is 3.18. The summed E-state index contributed by atoms with van der Waals surface area (Å²) in [6, 6.07) is 23.2. The second-order valence-corrected chi connectivity index (χ2v) is 7.54. The maximum absolute atomic E-state index is 5.20. The van der Waals surface area contributed by atoms with Gasteiger partial charge in [0, 0.05) is 18.3 Å². The predicted molar refractivity (Wildman–Crippen MR) is 113 cm³/mol. The van der Waals surface area contributed by atoms with Crippen LogP contribution >= 0.6 is 11.3 Å². The SMILES string of the molecule is COc1ccc(CCNCc2ncc(-c3cccc4ccccc34)s2)cc1. The lowest BCUT2D eigenvalue weighted by atomic mass is 10.0. The molecule has 0 amide bonds. The first-order valence-electron chi connectivity index (χ1n) is 9.10. The van der Waals surface area contributed by atoms with E-state index in [9.17, 15) is 0 Å². The normalized spacial score (nSPS) is 11.0. The van der Waals surface area contributed by atoms with Gasteiger partial charge in [0.25, 0.3) is 0 Å². The zero-order valence-electron chi connectivity index (χ0n) is 15.3. The third-order valence-corrected chi connectivity index (χ3v) is 5.66. The lowest BCUT2D eigenvalue weighted by molar-refractivity contribution is 0.414. The maximum Gasteiger partial charge on any atom is 0.118 e. The summed E-state index contributed by atoms with van der Waals surface area (Å²) < 4.78 is 5.20. The molecule has 0 atom stereocenters. The first-order valence-corrected chi connectivity index (χ1v) is 9.91. The van der Waals surface area contributed by atoms with Gasteiger partial charge in [-0.25, -0.2) is 4.98 Å². The van der Waals surface area contributed by atoms with Crippen LogP contribution in [0.25, 0.3) is 21.2 Å². The van der Waals surface area contributed by atoms with E-state index in [1.807, 2.05) is 18.3 Å². The van der Waals surface area contributed by atoms with E-state index in [1.54, 1.807) is 18.4 Å². The van der Waals surface area contributed by atoms with Crippen LogP contribution in [-0.4, -0.2) is 18.6 Å². The lowest BCUT2D eigenvalue weighted by Crippen LogP contribution is -2.16. The summed E-state index contributed by atoms with van der Waals surface area (Å²) in [5.74, 6) is 0.899. The molecule has 136 valence electrons. The Labute approximate surface area is 163 Å². The van der Waals surface area contributed by atoms with Crippen LogP contribution < -0.4 is 10.1 Å². The van der Waals surface area contributed by atoms with Crippen molar-refractivity contribution >= 4 is 22.1 Å². The largest absolute Gasteiger partial charge is 0.497 e. The lowest BCUT2D eigenvalue weighted by Gasteiger charge is -2.05. The Morgan fingerprint density at radius 2 is 1.78 bits per heavy atom. The van der Waals surface area contributed by atoms with Gasteiger partial charge < -0.3 is 10.1 Å². The van der Waals surface area contributed by atoms with Gasteiger partial charge in [-0.1, -0.05) is 54.6 Å². The molecular formula is C23H22N2OS. The molecule has 0 unspecified atom stereocenters. The second kappa shape index (κ2) is 8.33. The smallest absolute Gasteiger partial charge is 0.118 e. The number of hydrogen-bond donors (Lipinski definition) is 1. The third-order valence-electron chi connectivity index (χ3n) is 4.63. The highest BCUT2D eigenvalue weighted by Gasteiger charge is 2.07. The van der Waals surface area contributed by atoms with Gasteiger partial charge in [0.15, 0.2) is 0 Å². The number of rotatable bonds is 7. The van der Waals surface area contributed by atoms with E-state index in [1.165, 1.54) is 26.8 Å². The van der Waals surface area contributed by atoms with Crippen LogP contribution in [0.2, 0.25) is 0 Å². The van der Waals surface area contributed by atoms with Crippen LogP contribution in [0.15, 0.2) is 72.9 Å². The monoisotopic (exact) mass is 374 g/mol. The first kappa shape index (κ1) is 17.7. The zero-order valence-corrected chi connectivity index (χ0v) is 16.1. The average Bonchev–Trinajstić information content (AvgIpc) is 3.20. The van der Waals surface area contributed by atoms with Crippen LogP contribution in [0.5, 0.6) is 5.75 Å². The van der Waals surface area contributed by atoms with Crippen molar-refractivity contribution in [3.05, 3.63) is 83.5 Å². The van der Waals surface area contributed by atoms with Crippen molar-refractivity contribution in [3.63, 3.8) is 0 Å². The highest BCUT2D eigenvalue weighted by molar-refractivity contribution is 7.15. The van der Waals surface area contributed by atoms with Gasteiger partial charge in [0.1, 0.15) is 10.8 Å². The van der Waals surface area contributed by atoms with Gasteiger partial charge >= 0.3 is 0 Å². The van der Waals surface area contributed by atoms with E-state index in [2.05, 4.69) is 64.9 Å². The molecule has 0 fully saturated rings. The van der Waals surface area contributed by atoms with Crippen molar-refractivity contribution in [2.45, 2.75) is 13.0 Å². The minimum Gasteiger partial charge on any atom is -0.497 e. The van der Waals surface area contributed by atoms with E-state index in [4.69, 9.17) is 4.74 Å². The minimum atomic E-state index is 0.797. The van der Waals surface area contributed by atoms with E-state index in [0.717, 1.165) is 30.3 Å². The average molecular weight is 375 g/mol. The Bertz CT molecular complexity index is 1020. The summed E-state index contributed by atoms with van der Waals surface area (Å²) in [4.78, 5) is 5.83. The molecule has 3 nitrogen and oxygen atoms in total. The van der Waals surface area contributed by atoms with Crippen molar-refractivity contribution in [1.29, 1.82) is 0 Å². The minimum absolute atomic E-state index is 0.797. The summed E-state index contributed by atoms with van der Waals surface area (Å²) >= 11 is 1.76. The standard InChI is InChI=1S/C23H22N2OS/c1-26-19-11-9-17(10-12-19)13-14-24-16-23-25-15-22(27-23)21-8-4-6-18-5-2-3-7-20(18)21/h2-12,15,24H,13-14,16H2,1H3.